The van der Waals surface area contributed by atoms with Gasteiger partial charge in [-0.05, 0) is 30.3 Å². The molecule has 5 nitrogen and oxygen atoms in total. The lowest BCUT2D eigenvalue weighted by atomic mass is 10.3. The molecule has 0 saturated carbocycles. The normalized spacial score (nSPS) is 11.9. The molecular formula is C14H13N3O2S2. The molecule has 0 unspecified atom stereocenters. The third kappa shape index (κ3) is 2.90. The lowest BCUT2D eigenvalue weighted by molar-refractivity contribution is 0.598. The number of nitrogens with one attached hydrogen (secondary N) is 1. The molecule has 3 aromatic rings. The summed E-state index contributed by atoms with van der Waals surface area (Å²) >= 11 is 1.44. The van der Waals surface area contributed by atoms with Gasteiger partial charge in [-0.1, -0.05) is 30.0 Å². The van der Waals surface area contributed by atoms with Crippen LogP contribution in [0.4, 0.5) is 5.69 Å². The Kier molecular flexibility index (Phi) is 3.40. The molecular weight excluding hydrogens is 306 g/mol. The lowest BCUT2D eigenvalue weighted by Crippen LogP contribution is -2.12. The molecule has 0 aliphatic carbocycles. The van der Waals surface area contributed by atoms with Crippen molar-refractivity contribution in [3.05, 3.63) is 48.5 Å². The van der Waals surface area contributed by atoms with E-state index in [1.807, 2.05) is 30.3 Å². The van der Waals surface area contributed by atoms with Crippen LogP contribution in [0, 0.1) is 0 Å². The first-order valence-electron chi connectivity index (χ1n) is 6.11. The van der Waals surface area contributed by atoms with Gasteiger partial charge in [-0.3, -0.25) is 0 Å². The number of anilines is 1. The van der Waals surface area contributed by atoms with Gasteiger partial charge in [0, 0.05) is 21.5 Å². The number of nitrogen functional groups attached to an aromatic ring is 1. The summed E-state index contributed by atoms with van der Waals surface area (Å²) in [5, 5.41) is 7.13. The summed E-state index contributed by atoms with van der Waals surface area (Å²) in [6, 6.07) is 14.5. The van der Waals surface area contributed by atoms with E-state index >= 15 is 0 Å². The number of sulfonamides is 1. The summed E-state index contributed by atoms with van der Waals surface area (Å²) in [6.45, 7) is 0. The summed E-state index contributed by atoms with van der Waals surface area (Å²) in [4.78, 5) is 4.07. The second-order valence-corrected chi connectivity index (χ2v) is 7.21. The van der Waals surface area contributed by atoms with E-state index in [2.05, 4.69) is 4.98 Å². The predicted octanol–water partition coefficient (Wildman–Crippen LogP) is 2.55. The maximum Gasteiger partial charge on any atom is 0.238 e. The minimum Gasteiger partial charge on any atom is -0.398 e. The molecule has 0 aliphatic heterocycles. The summed E-state index contributed by atoms with van der Waals surface area (Å²) < 4.78 is 22.6. The van der Waals surface area contributed by atoms with Gasteiger partial charge in [0.05, 0.1) is 9.92 Å². The van der Waals surface area contributed by atoms with Crippen LogP contribution in [0.25, 0.3) is 10.9 Å². The molecule has 0 atom stereocenters. The Labute approximate surface area is 126 Å². The summed E-state index contributed by atoms with van der Waals surface area (Å²) in [7, 11) is -3.73. The van der Waals surface area contributed by atoms with Crippen LogP contribution in [0.2, 0.25) is 0 Å². The first kappa shape index (κ1) is 14.0. The van der Waals surface area contributed by atoms with Crippen LogP contribution >= 0.6 is 11.8 Å². The molecule has 5 N–H and O–H groups in total. The average molecular weight is 319 g/mol. The van der Waals surface area contributed by atoms with E-state index in [-0.39, 0.29) is 4.90 Å². The maximum absolute atomic E-state index is 11.3. The van der Waals surface area contributed by atoms with Crippen molar-refractivity contribution in [1.29, 1.82) is 0 Å². The second kappa shape index (κ2) is 5.10. The van der Waals surface area contributed by atoms with Gasteiger partial charge in [0.15, 0.2) is 0 Å². The molecule has 0 aliphatic rings. The number of benzene rings is 2. The minimum absolute atomic E-state index is 0.0148. The van der Waals surface area contributed by atoms with E-state index in [1.54, 1.807) is 6.07 Å². The van der Waals surface area contributed by atoms with Gasteiger partial charge in [-0.15, -0.1) is 0 Å². The van der Waals surface area contributed by atoms with Gasteiger partial charge in [0.1, 0.15) is 0 Å². The molecule has 0 bridgehead atoms. The van der Waals surface area contributed by atoms with Gasteiger partial charge < -0.3 is 10.7 Å². The Morgan fingerprint density at radius 1 is 1.05 bits per heavy atom. The van der Waals surface area contributed by atoms with Gasteiger partial charge in [0.25, 0.3) is 0 Å². The molecule has 0 radical (unpaired) electrons. The van der Waals surface area contributed by atoms with Gasteiger partial charge in [0.2, 0.25) is 10.0 Å². The van der Waals surface area contributed by atoms with Crippen LogP contribution in [0.15, 0.2) is 63.3 Å². The van der Waals surface area contributed by atoms with Crippen molar-refractivity contribution in [2.45, 2.75) is 14.8 Å². The first-order chi connectivity index (χ1) is 9.93. The highest BCUT2D eigenvalue weighted by Gasteiger charge is 2.11. The SMILES string of the molecule is Nc1cc(S(N)(=O)=O)ccc1Sc1cc2ccccc2[nH]1. The third-order valence-corrected chi connectivity index (χ3v) is 4.98. The third-order valence-electron chi connectivity index (χ3n) is 3.03. The van der Waals surface area contributed by atoms with Crippen molar-refractivity contribution in [2.24, 2.45) is 5.14 Å². The number of H-pyrrole nitrogens is 1. The van der Waals surface area contributed by atoms with Gasteiger partial charge in [-0.2, -0.15) is 0 Å². The number of aromatic nitrogens is 1. The number of hydrogen-bond acceptors (Lipinski definition) is 4. The standard InChI is InChI=1S/C14H13N3O2S2/c15-11-8-10(21(16,18)19)5-6-13(11)20-14-7-9-3-1-2-4-12(9)17-14/h1-8,17H,15H2,(H2,16,18,19). The summed E-state index contributed by atoms with van der Waals surface area (Å²) in [6.07, 6.45) is 0. The zero-order valence-electron chi connectivity index (χ0n) is 10.9. The van der Waals surface area contributed by atoms with E-state index in [4.69, 9.17) is 10.9 Å². The van der Waals surface area contributed by atoms with Crippen molar-refractivity contribution in [3.63, 3.8) is 0 Å². The van der Waals surface area contributed by atoms with Gasteiger partial charge >= 0.3 is 0 Å². The quantitative estimate of drug-likeness (QED) is 0.646. The molecule has 1 heterocycles. The highest BCUT2D eigenvalue weighted by molar-refractivity contribution is 7.99. The Morgan fingerprint density at radius 2 is 1.81 bits per heavy atom. The second-order valence-electron chi connectivity index (χ2n) is 4.57. The topological polar surface area (TPSA) is 102 Å². The molecule has 21 heavy (non-hydrogen) atoms. The summed E-state index contributed by atoms with van der Waals surface area (Å²) in [5.74, 6) is 0. The largest absolute Gasteiger partial charge is 0.398 e. The Hall–Kier alpha value is -1.96. The van der Waals surface area contributed by atoms with E-state index < -0.39 is 10.0 Å². The fourth-order valence-corrected chi connectivity index (χ4v) is 3.46. The zero-order chi connectivity index (χ0) is 15.0. The number of para-hydroxylation sites is 1. The fraction of sp³-hybridized carbons (Fsp3) is 0. The Bertz CT molecular complexity index is 884. The van der Waals surface area contributed by atoms with Crippen LogP contribution in [-0.4, -0.2) is 13.4 Å². The highest BCUT2D eigenvalue weighted by atomic mass is 32.2. The van der Waals surface area contributed by atoms with E-state index in [9.17, 15) is 8.42 Å². The Morgan fingerprint density at radius 3 is 2.48 bits per heavy atom. The van der Waals surface area contributed by atoms with E-state index in [0.29, 0.717) is 5.69 Å². The van der Waals surface area contributed by atoms with Gasteiger partial charge in [-0.25, -0.2) is 13.6 Å². The molecule has 0 saturated heterocycles. The molecule has 0 amide bonds. The number of primary sulfonamides is 1. The van der Waals surface area contributed by atoms with Crippen LogP contribution in [0.1, 0.15) is 0 Å². The zero-order valence-corrected chi connectivity index (χ0v) is 12.5. The molecule has 1 aromatic heterocycles. The lowest BCUT2D eigenvalue weighted by Gasteiger charge is -2.05. The van der Waals surface area contributed by atoms with Crippen LogP contribution in [0.5, 0.6) is 0 Å². The monoisotopic (exact) mass is 319 g/mol. The number of rotatable bonds is 3. The molecule has 0 spiro atoms. The minimum atomic E-state index is -3.73. The van der Waals surface area contributed by atoms with E-state index in [1.165, 1.54) is 23.9 Å². The molecule has 2 aromatic carbocycles. The average Bonchev–Trinajstić information content (AvgIpc) is 2.82. The smallest absolute Gasteiger partial charge is 0.238 e. The van der Waals surface area contributed by atoms with E-state index in [0.717, 1.165) is 20.8 Å². The van der Waals surface area contributed by atoms with Crippen LogP contribution < -0.4 is 10.9 Å². The maximum atomic E-state index is 11.3. The van der Waals surface area contributed by atoms with Crippen molar-refractivity contribution in [3.8, 4) is 0 Å². The number of hydrogen-bond donors (Lipinski definition) is 3. The number of nitrogens with two attached hydrogens (primary N) is 2. The Balaban J connectivity index is 1.94. The van der Waals surface area contributed by atoms with Crippen molar-refractivity contribution in [2.75, 3.05) is 5.73 Å². The molecule has 3 rings (SSSR count). The predicted molar refractivity (Wildman–Crippen MR) is 84.6 cm³/mol. The van der Waals surface area contributed by atoms with Crippen molar-refractivity contribution in [1.82, 2.24) is 4.98 Å². The van der Waals surface area contributed by atoms with Crippen LogP contribution in [-0.2, 0) is 10.0 Å². The highest BCUT2D eigenvalue weighted by Crippen LogP contribution is 2.34. The molecule has 108 valence electrons. The van der Waals surface area contributed by atoms with Crippen molar-refractivity contribution < 1.29 is 8.42 Å². The van der Waals surface area contributed by atoms with Crippen molar-refractivity contribution >= 4 is 38.4 Å². The van der Waals surface area contributed by atoms with Crippen LogP contribution in [0.3, 0.4) is 0 Å². The summed E-state index contributed by atoms with van der Waals surface area (Å²) in [5.41, 5.74) is 7.33. The first-order valence-corrected chi connectivity index (χ1v) is 8.48. The molecule has 0 fully saturated rings. The fourth-order valence-electron chi connectivity index (χ4n) is 2.02. The number of aromatic amines is 1. The molecule has 7 heteroatoms. The number of fused-ring (bicyclic) bond motifs is 1.